The van der Waals surface area contributed by atoms with Crippen LogP contribution >= 0.6 is 11.3 Å². The molecule has 0 N–H and O–H groups in total. The molecule has 7 heteroatoms. The molecular formula is C21H22N2O4S. The van der Waals surface area contributed by atoms with Gasteiger partial charge in [0, 0.05) is 23.1 Å². The molecule has 146 valence electrons. The summed E-state index contributed by atoms with van der Waals surface area (Å²) < 4.78 is 18.1. The highest BCUT2D eigenvalue weighted by Crippen LogP contribution is 2.38. The third-order valence-electron chi connectivity index (χ3n) is 5.25. The number of hydrogen-bond acceptors (Lipinski definition) is 6. The first-order chi connectivity index (χ1) is 13.5. The first kappa shape index (κ1) is 18.6. The number of aryl methyl sites for hydroxylation is 2. The Hall–Kier alpha value is -2.80. The number of fused-ring (bicyclic) bond motifs is 2. The van der Waals surface area contributed by atoms with E-state index in [-0.39, 0.29) is 5.56 Å². The number of allylic oxidation sites excluding steroid dienone is 1. The molecule has 0 saturated heterocycles. The standard InChI is InChI=1S/C21H22N2O4S/c1-11-12(2)28-20-18(11)21(24)23-7-6-13(19(23)22-20)8-14-9-16(26-4)17(27-5)10-15(14)25-3/h8-10H,6-7H2,1-5H3/b13-8+. The van der Waals surface area contributed by atoms with Crippen molar-refractivity contribution in [2.24, 2.45) is 0 Å². The highest BCUT2D eigenvalue weighted by Gasteiger charge is 2.24. The minimum Gasteiger partial charge on any atom is -0.496 e. The van der Waals surface area contributed by atoms with E-state index in [9.17, 15) is 4.79 Å². The van der Waals surface area contributed by atoms with E-state index >= 15 is 0 Å². The topological polar surface area (TPSA) is 62.6 Å². The molecule has 6 nitrogen and oxygen atoms in total. The normalized spacial score (nSPS) is 14.5. The van der Waals surface area contributed by atoms with E-state index in [4.69, 9.17) is 19.2 Å². The van der Waals surface area contributed by atoms with E-state index in [0.717, 1.165) is 44.0 Å². The summed E-state index contributed by atoms with van der Waals surface area (Å²) in [7, 11) is 4.82. The van der Waals surface area contributed by atoms with Gasteiger partial charge in [0.15, 0.2) is 11.5 Å². The predicted molar refractivity (Wildman–Crippen MR) is 112 cm³/mol. The number of thiophene rings is 1. The third kappa shape index (κ3) is 2.77. The summed E-state index contributed by atoms with van der Waals surface area (Å²) in [5.41, 5.74) is 2.95. The van der Waals surface area contributed by atoms with E-state index in [1.165, 1.54) is 0 Å². The zero-order valence-electron chi connectivity index (χ0n) is 16.6. The van der Waals surface area contributed by atoms with Gasteiger partial charge in [-0.15, -0.1) is 11.3 Å². The highest BCUT2D eigenvalue weighted by atomic mass is 32.1. The van der Waals surface area contributed by atoms with Crippen molar-refractivity contribution in [3.63, 3.8) is 0 Å². The van der Waals surface area contributed by atoms with Gasteiger partial charge in [-0.05, 0) is 43.5 Å². The lowest BCUT2D eigenvalue weighted by Gasteiger charge is -2.12. The fourth-order valence-electron chi connectivity index (χ4n) is 3.61. The number of aromatic nitrogens is 2. The predicted octanol–water partition coefficient (Wildman–Crippen LogP) is 4.04. The number of nitrogens with zero attached hydrogens (tertiary/aromatic N) is 2. The molecule has 3 aromatic rings. The Balaban J connectivity index is 1.89. The molecule has 0 unspecified atom stereocenters. The molecule has 0 atom stereocenters. The second kappa shape index (κ2) is 6.98. The van der Waals surface area contributed by atoms with Gasteiger partial charge in [0.2, 0.25) is 0 Å². The minimum absolute atomic E-state index is 0.0459. The molecule has 0 fully saturated rings. The summed E-state index contributed by atoms with van der Waals surface area (Å²) in [4.78, 5) is 19.8. The molecular weight excluding hydrogens is 376 g/mol. The monoisotopic (exact) mass is 398 g/mol. The summed E-state index contributed by atoms with van der Waals surface area (Å²) in [6, 6.07) is 3.68. The van der Waals surface area contributed by atoms with Gasteiger partial charge >= 0.3 is 0 Å². The quantitative estimate of drug-likeness (QED) is 0.664. The Bertz CT molecular complexity index is 1170. The van der Waals surface area contributed by atoms with E-state index in [1.54, 1.807) is 43.3 Å². The summed E-state index contributed by atoms with van der Waals surface area (Å²) in [6.45, 7) is 4.65. The SMILES string of the molecule is COc1cc(OC)c(OC)cc1/C=C1\CCn2c1nc1sc(C)c(C)c1c2=O. The highest BCUT2D eigenvalue weighted by molar-refractivity contribution is 7.18. The lowest BCUT2D eigenvalue weighted by atomic mass is 10.1. The van der Waals surface area contributed by atoms with Crippen LogP contribution in [0.3, 0.4) is 0 Å². The molecule has 4 rings (SSSR count). The molecule has 28 heavy (non-hydrogen) atoms. The molecule has 0 spiro atoms. The van der Waals surface area contributed by atoms with Crippen LogP contribution in [-0.2, 0) is 6.54 Å². The Kier molecular flexibility index (Phi) is 4.63. The maximum Gasteiger partial charge on any atom is 0.262 e. The van der Waals surface area contributed by atoms with Gasteiger partial charge in [-0.1, -0.05) is 0 Å². The van der Waals surface area contributed by atoms with Crippen molar-refractivity contribution in [2.45, 2.75) is 26.8 Å². The summed E-state index contributed by atoms with van der Waals surface area (Å²) in [6.07, 6.45) is 2.76. The van der Waals surface area contributed by atoms with Crippen LogP contribution in [0.4, 0.5) is 0 Å². The largest absolute Gasteiger partial charge is 0.496 e. The molecule has 1 aliphatic heterocycles. The van der Waals surface area contributed by atoms with Crippen molar-refractivity contribution in [1.29, 1.82) is 0 Å². The molecule has 0 bridgehead atoms. The van der Waals surface area contributed by atoms with Crippen LogP contribution in [0.5, 0.6) is 17.2 Å². The fourth-order valence-corrected chi connectivity index (χ4v) is 4.63. The molecule has 3 heterocycles. The molecule has 0 amide bonds. The van der Waals surface area contributed by atoms with Crippen molar-refractivity contribution >= 4 is 33.2 Å². The second-order valence-electron chi connectivity index (χ2n) is 6.72. The van der Waals surface area contributed by atoms with Crippen molar-refractivity contribution in [1.82, 2.24) is 9.55 Å². The van der Waals surface area contributed by atoms with Crippen molar-refractivity contribution in [2.75, 3.05) is 21.3 Å². The van der Waals surface area contributed by atoms with Gasteiger partial charge in [0.25, 0.3) is 5.56 Å². The fraction of sp³-hybridized carbons (Fsp3) is 0.333. The van der Waals surface area contributed by atoms with Crippen LogP contribution in [0.1, 0.15) is 28.2 Å². The second-order valence-corrected chi connectivity index (χ2v) is 7.93. The minimum atomic E-state index is 0.0459. The van der Waals surface area contributed by atoms with E-state index in [0.29, 0.717) is 23.8 Å². The molecule has 1 aliphatic rings. The molecule has 0 radical (unpaired) electrons. The Labute approximate surface area is 167 Å². The van der Waals surface area contributed by atoms with Gasteiger partial charge in [-0.25, -0.2) is 4.98 Å². The summed E-state index contributed by atoms with van der Waals surface area (Å²) >= 11 is 1.57. The van der Waals surface area contributed by atoms with E-state index in [1.807, 2.05) is 26.0 Å². The van der Waals surface area contributed by atoms with Gasteiger partial charge in [0.1, 0.15) is 16.4 Å². The van der Waals surface area contributed by atoms with E-state index < -0.39 is 0 Å². The average Bonchev–Trinajstić information content (AvgIpc) is 3.22. The van der Waals surface area contributed by atoms with Crippen molar-refractivity contribution < 1.29 is 14.2 Å². The van der Waals surface area contributed by atoms with Crippen LogP contribution in [0.25, 0.3) is 21.9 Å². The Morgan fingerprint density at radius 2 is 1.75 bits per heavy atom. The van der Waals surface area contributed by atoms with Crippen LogP contribution in [0.2, 0.25) is 0 Å². The number of methoxy groups -OCH3 is 3. The zero-order chi connectivity index (χ0) is 20.0. The zero-order valence-corrected chi connectivity index (χ0v) is 17.4. The van der Waals surface area contributed by atoms with Crippen molar-refractivity contribution in [3.8, 4) is 17.2 Å². The third-order valence-corrected chi connectivity index (χ3v) is 6.35. The summed E-state index contributed by atoms with van der Waals surface area (Å²) in [5.74, 6) is 2.64. The summed E-state index contributed by atoms with van der Waals surface area (Å²) in [5, 5.41) is 0.746. The van der Waals surface area contributed by atoms with Crippen molar-refractivity contribution in [3.05, 3.63) is 44.3 Å². The Morgan fingerprint density at radius 1 is 1.07 bits per heavy atom. The lowest BCUT2D eigenvalue weighted by molar-refractivity contribution is 0.348. The van der Waals surface area contributed by atoms with Gasteiger partial charge in [-0.2, -0.15) is 0 Å². The number of benzene rings is 1. The molecule has 2 aromatic heterocycles. The van der Waals surface area contributed by atoms with Crippen LogP contribution in [0, 0.1) is 13.8 Å². The van der Waals surface area contributed by atoms with Crippen LogP contribution in [0.15, 0.2) is 16.9 Å². The maximum absolute atomic E-state index is 13.0. The first-order valence-electron chi connectivity index (χ1n) is 9.00. The number of hydrogen-bond donors (Lipinski definition) is 0. The van der Waals surface area contributed by atoms with Gasteiger partial charge in [0.05, 0.1) is 26.7 Å². The van der Waals surface area contributed by atoms with E-state index in [2.05, 4.69) is 0 Å². The average molecular weight is 398 g/mol. The van der Waals surface area contributed by atoms with Crippen LogP contribution in [-0.4, -0.2) is 30.9 Å². The van der Waals surface area contributed by atoms with Gasteiger partial charge < -0.3 is 14.2 Å². The molecule has 0 aliphatic carbocycles. The van der Waals surface area contributed by atoms with Crippen LogP contribution < -0.4 is 19.8 Å². The number of rotatable bonds is 4. The molecule has 0 saturated carbocycles. The maximum atomic E-state index is 13.0. The number of ether oxygens (including phenoxy) is 3. The smallest absolute Gasteiger partial charge is 0.262 e. The lowest BCUT2D eigenvalue weighted by Crippen LogP contribution is -2.20. The molecule has 1 aromatic carbocycles. The first-order valence-corrected chi connectivity index (χ1v) is 9.81. The van der Waals surface area contributed by atoms with Gasteiger partial charge in [-0.3, -0.25) is 9.36 Å². The Morgan fingerprint density at radius 3 is 2.43 bits per heavy atom.